The molecule has 0 bridgehead atoms. The molecule has 21 heavy (non-hydrogen) atoms. The molecule has 0 unspecified atom stereocenters. The van der Waals surface area contributed by atoms with Gasteiger partial charge in [0, 0.05) is 26.3 Å². The number of hydrogen-bond donors (Lipinski definition) is 1. The molecule has 0 amide bonds. The molecule has 0 aromatic heterocycles. The molecule has 0 atom stereocenters. The van der Waals surface area contributed by atoms with Crippen molar-refractivity contribution in [2.45, 2.75) is 19.9 Å². The number of nitrogens with zero attached hydrogens (tertiary/aromatic N) is 1. The number of halogens is 1. The van der Waals surface area contributed by atoms with Gasteiger partial charge in [-0.05, 0) is 53.9 Å². The van der Waals surface area contributed by atoms with E-state index in [2.05, 4.69) is 41.4 Å². The van der Waals surface area contributed by atoms with Crippen LogP contribution in [0.1, 0.15) is 18.9 Å². The van der Waals surface area contributed by atoms with Gasteiger partial charge in [-0.15, -0.1) is 0 Å². The van der Waals surface area contributed by atoms with Gasteiger partial charge >= 0.3 is 0 Å². The first-order chi connectivity index (χ1) is 10.1. The average molecular weight is 286 g/mol. The van der Waals surface area contributed by atoms with E-state index in [1.54, 1.807) is 6.07 Å². The summed E-state index contributed by atoms with van der Waals surface area (Å²) in [5.74, 6) is -0.183. The Labute approximate surface area is 126 Å². The topological polar surface area (TPSA) is 15.3 Å². The largest absolute Gasteiger partial charge is 0.378 e. The van der Waals surface area contributed by atoms with Crippen LogP contribution in [0.15, 0.2) is 42.5 Å². The molecular weight excluding hydrogens is 263 g/mol. The predicted molar refractivity (Wildman–Crippen MR) is 88.2 cm³/mol. The van der Waals surface area contributed by atoms with Crippen molar-refractivity contribution in [3.63, 3.8) is 0 Å². The molecule has 2 nitrogen and oxygen atoms in total. The fraction of sp³-hybridized carbons (Fsp3) is 0.333. The molecule has 0 aliphatic heterocycles. The maximum Gasteiger partial charge on any atom is 0.123 e. The van der Waals surface area contributed by atoms with Crippen LogP contribution in [0, 0.1) is 5.82 Å². The highest BCUT2D eigenvalue weighted by Crippen LogP contribution is 2.26. The zero-order chi connectivity index (χ0) is 15.2. The molecule has 0 fully saturated rings. The van der Waals surface area contributed by atoms with Crippen LogP contribution in [0.5, 0.6) is 0 Å². The van der Waals surface area contributed by atoms with Crippen LogP contribution in [0.4, 0.5) is 10.1 Å². The third kappa shape index (κ3) is 4.05. The standard InChI is InChI=1S/C18H23FN2/c1-4-11-20-13-15-12-16(19)7-10-18(15)14-5-8-17(9-6-14)21(2)3/h5-10,12,20H,4,11,13H2,1-3H3. The lowest BCUT2D eigenvalue weighted by atomic mass is 9.99. The van der Waals surface area contributed by atoms with E-state index in [1.165, 1.54) is 6.07 Å². The Kier molecular flexibility index (Phi) is 5.34. The molecule has 0 aliphatic rings. The van der Waals surface area contributed by atoms with Crippen molar-refractivity contribution in [1.29, 1.82) is 0 Å². The molecule has 0 spiro atoms. The monoisotopic (exact) mass is 286 g/mol. The molecule has 2 aromatic rings. The highest BCUT2D eigenvalue weighted by atomic mass is 19.1. The van der Waals surface area contributed by atoms with Crippen LogP contribution in [-0.2, 0) is 6.54 Å². The molecule has 0 aliphatic carbocycles. The van der Waals surface area contributed by atoms with Crippen molar-refractivity contribution in [1.82, 2.24) is 5.32 Å². The Morgan fingerprint density at radius 3 is 2.38 bits per heavy atom. The Hall–Kier alpha value is -1.87. The van der Waals surface area contributed by atoms with Crippen molar-refractivity contribution in [2.24, 2.45) is 0 Å². The summed E-state index contributed by atoms with van der Waals surface area (Å²) < 4.78 is 13.5. The van der Waals surface area contributed by atoms with Crippen molar-refractivity contribution < 1.29 is 4.39 Å². The molecule has 3 heteroatoms. The number of rotatable bonds is 6. The van der Waals surface area contributed by atoms with E-state index in [-0.39, 0.29) is 5.82 Å². The Morgan fingerprint density at radius 1 is 1.05 bits per heavy atom. The molecule has 112 valence electrons. The number of hydrogen-bond acceptors (Lipinski definition) is 2. The lowest BCUT2D eigenvalue weighted by Crippen LogP contribution is -2.14. The zero-order valence-corrected chi connectivity index (χ0v) is 13.0. The zero-order valence-electron chi connectivity index (χ0n) is 13.0. The van der Waals surface area contributed by atoms with Gasteiger partial charge in [0.2, 0.25) is 0 Å². The molecule has 0 radical (unpaired) electrons. The normalized spacial score (nSPS) is 10.7. The van der Waals surface area contributed by atoms with Gasteiger partial charge in [-0.2, -0.15) is 0 Å². The van der Waals surface area contributed by atoms with Crippen molar-refractivity contribution in [3.05, 3.63) is 53.8 Å². The molecule has 2 aromatic carbocycles. The Morgan fingerprint density at radius 2 is 1.76 bits per heavy atom. The highest BCUT2D eigenvalue weighted by Gasteiger charge is 2.07. The fourth-order valence-corrected chi connectivity index (χ4v) is 2.33. The quantitative estimate of drug-likeness (QED) is 0.806. The van der Waals surface area contributed by atoms with Crippen LogP contribution in [0.25, 0.3) is 11.1 Å². The minimum Gasteiger partial charge on any atom is -0.378 e. The molecule has 1 N–H and O–H groups in total. The second-order valence-corrected chi connectivity index (χ2v) is 5.42. The van der Waals surface area contributed by atoms with Crippen LogP contribution in [0.3, 0.4) is 0 Å². The van der Waals surface area contributed by atoms with E-state index in [1.807, 2.05) is 20.2 Å². The summed E-state index contributed by atoms with van der Waals surface area (Å²) in [5.41, 5.74) is 4.37. The summed E-state index contributed by atoms with van der Waals surface area (Å²) in [4.78, 5) is 2.07. The smallest absolute Gasteiger partial charge is 0.123 e. The minimum absolute atomic E-state index is 0.183. The van der Waals surface area contributed by atoms with Gasteiger partial charge in [-0.1, -0.05) is 25.1 Å². The summed E-state index contributed by atoms with van der Waals surface area (Å²) in [6, 6.07) is 13.4. The summed E-state index contributed by atoms with van der Waals surface area (Å²) in [5, 5.41) is 3.34. The maximum absolute atomic E-state index is 13.5. The van der Waals surface area contributed by atoms with Gasteiger partial charge in [-0.25, -0.2) is 4.39 Å². The first-order valence-electron chi connectivity index (χ1n) is 7.38. The summed E-state index contributed by atoms with van der Waals surface area (Å²) >= 11 is 0. The molecule has 2 rings (SSSR count). The second-order valence-electron chi connectivity index (χ2n) is 5.42. The van der Waals surface area contributed by atoms with E-state index < -0.39 is 0 Å². The Bertz CT molecular complexity index is 576. The number of nitrogens with one attached hydrogen (secondary N) is 1. The molecule has 0 saturated heterocycles. The third-order valence-corrected chi connectivity index (χ3v) is 3.50. The van der Waals surface area contributed by atoms with E-state index in [0.29, 0.717) is 6.54 Å². The van der Waals surface area contributed by atoms with Crippen LogP contribution in [-0.4, -0.2) is 20.6 Å². The first kappa shape index (κ1) is 15.5. The van der Waals surface area contributed by atoms with Gasteiger partial charge < -0.3 is 10.2 Å². The van der Waals surface area contributed by atoms with Gasteiger partial charge in [0.15, 0.2) is 0 Å². The first-order valence-corrected chi connectivity index (χ1v) is 7.38. The van der Waals surface area contributed by atoms with E-state index in [0.717, 1.165) is 35.3 Å². The van der Waals surface area contributed by atoms with E-state index >= 15 is 0 Å². The van der Waals surface area contributed by atoms with Gasteiger partial charge in [0.05, 0.1) is 0 Å². The highest BCUT2D eigenvalue weighted by molar-refractivity contribution is 5.69. The average Bonchev–Trinajstić information content (AvgIpc) is 2.48. The lowest BCUT2D eigenvalue weighted by Gasteiger charge is -2.14. The molecular formula is C18H23FN2. The maximum atomic E-state index is 13.5. The van der Waals surface area contributed by atoms with Crippen LogP contribution >= 0.6 is 0 Å². The lowest BCUT2D eigenvalue weighted by molar-refractivity contribution is 0.619. The summed E-state index contributed by atoms with van der Waals surface area (Å²) in [6.07, 6.45) is 1.07. The van der Waals surface area contributed by atoms with Crippen molar-refractivity contribution in [3.8, 4) is 11.1 Å². The third-order valence-electron chi connectivity index (χ3n) is 3.50. The summed E-state index contributed by atoms with van der Waals surface area (Å²) in [7, 11) is 4.04. The number of benzene rings is 2. The fourth-order valence-electron chi connectivity index (χ4n) is 2.33. The summed E-state index contributed by atoms with van der Waals surface area (Å²) in [6.45, 7) is 3.76. The molecule has 0 heterocycles. The Balaban J connectivity index is 2.29. The van der Waals surface area contributed by atoms with Gasteiger partial charge in [-0.3, -0.25) is 0 Å². The number of anilines is 1. The second kappa shape index (κ2) is 7.23. The van der Waals surface area contributed by atoms with Gasteiger partial charge in [0.1, 0.15) is 5.82 Å². The van der Waals surface area contributed by atoms with Crippen molar-refractivity contribution in [2.75, 3.05) is 25.5 Å². The van der Waals surface area contributed by atoms with Gasteiger partial charge in [0.25, 0.3) is 0 Å². The predicted octanol–water partition coefficient (Wildman–Crippen LogP) is 4.06. The van der Waals surface area contributed by atoms with E-state index in [9.17, 15) is 4.39 Å². The van der Waals surface area contributed by atoms with Crippen molar-refractivity contribution >= 4 is 5.69 Å². The van der Waals surface area contributed by atoms with Crippen LogP contribution in [0.2, 0.25) is 0 Å². The molecule has 0 saturated carbocycles. The minimum atomic E-state index is -0.183. The van der Waals surface area contributed by atoms with Crippen LogP contribution < -0.4 is 10.2 Å². The van der Waals surface area contributed by atoms with E-state index in [4.69, 9.17) is 0 Å². The SMILES string of the molecule is CCCNCc1cc(F)ccc1-c1ccc(N(C)C)cc1.